The van der Waals surface area contributed by atoms with Crippen LogP contribution in [0.5, 0.6) is 5.75 Å². The molecule has 6 nitrogen and oxygen atoms in total. The second kappa shape index (κ2) is 7.05. The van der Waals surface area contributed by atoms with Crippen LogP contribution >= 0.6 is 0 Å². The standard InChI is InChI=1S/C18H21NO5/c1-2-23-18(22)12-4-3-7-19(10-12)11-13-8-17(21)24-16-9-14(20)5-6-15(13)16/h5-6,8-9,12,20H,2-4,7,10-11H2,1H3. The van der Waals surface area contributed by atoms with Gasteiger partial charge in [-0.2, -0.15) is 0 Å². The fraction of sp³-hybridized carbons (Fsp3) is 0.444. The molecule has 0 amide bonds. The van der Waals surface area contributed by atoms with E-state index in [1.807, 2.05) is 6.92 Å². The highest BCUT2D eigenvalue weighted by atomic mass is 16.5. The fourth-order valence-electron chi connectivity index (χ4n) is 3.24. The molecule has 1 aromatic heterocycles. The Morgan fingerprint density at radius 3 is 3.04 bits per heavy atom. The average Bonchev–Trinajstić information content (AvgIpc) is 2.54. The molecule has 128 valence electrons. The number of carbonyl (C=O) groups is 1. The van der Waals surface area contributed by atoms with Crippen LogP contribution in [0.3, 0.4) is 0 Å². The van der Waals surface area contributed by atoms with Crippen molar-refractivity contribution in [2.24, 2.45) is 5.92 Å². The number of aromatic hydroxyl groups is 1. The van der Waals surface area contributed by atoms with E-state index in [9.17, 15) is 14.7 Å². The monoisotopic (exact) mass is 331 g/mol. The number of likely N-dealkylation sites (tertiary alicyclic amines) is 1. The highest BCUT2D eigenvalue weighted by molar-refractivity contribution is 5.81. The molecule has 0 aliphatic carbocycles. The molecule has 1 unspecified atom stereocenters. The summed E-state index contributed by atoms with van der Waals surface area (Å²) in [5.74, 6) is -0.207. The molecule has 1 aliphatic heterocycles. The number of nitrogens with zero attached hydrogens (tertiary/aromatic N) is 1. The maximum atomic E-state index is 12.0. The van der Waals surface area contributed by atoms with Crippen molar-refractivity contribution in [3.8, 4) is 5.75 Å². The minimum atomic E-state index is -0.443. The Hall–Kier alpha value is -2.34. The molecule has 24 heavy (non-hydrogen) atoms. The van der Waals surface area contributed by atoms with Crippen LogP contribution in [0.25, 0.3) is 11.0 Å². The average molecular weight is 331 g/mol. The normalized spacial score (nSPS) is 18.6. The van der Waals surface area contributed by atoms with Gasteiger partial charge in [0.15, 0.2) is 0 Å². The van der Waals surface area contributed by atoms with Gasteiger partial charge < -0.3 is 14.3 Å². The van der Waals surface area contributed by atoms with Gasteiger partial charge in [-0.15, -0.1) is 0 Å². The number of esters is 1. The summed E-state index contributed by atoms with van der Waals surface area (Å²) in [6.45, 7) is 4.25. The Morgan fingerprint density at radius 1 is 1.42 bits per heavy atom. The van der Waals surface area contributed by atoms with Crippen LogP contribution in [-0.4, -0.2) is 35.7 Å². The number of phenols is 1. The predicted octanol–water partition coefficient (Wildman–Crippen LogP) is 2.27. The largest absolute Gasteiger partial charge is 0.508 e. The Kier molecular flexibility index (Phi) is 4.85. The summed E-state index contributed by atoms with van der Waals surface area (Å²) in [7, 11) is 0. The molecule has 0 saturated carbocycles. The third-order valence-corrected chi connectivity index (χ3v) is 4.33. The number of piperidine rings is 1. The van der Waals surface area contributed by atoms with Crippen molar-refractivity contribution in [2.45, 2.75) is 26.3 Å². The second-order valence-electron chi connectivity index (χ2n) is 6.10. The van der Waals surface area contributed by atoms with E-state index in [1.54, 1.807) is 12.1 Å². The first-order valence-corrected chi connectivity index (χ1v) is 8.21. The molecular weight excluding hydrogens is 310 g/mol. The molecule has 0 bridgehead atoms. The van der Waals surface area contributed by atoms with Crippen LogP contribution in [0.15, 0.2) is 33.5 Å². The van der Waals surface area contributed by atoms with Crippen LogP contribution in [0.4, 0.5) is 0 Å². The van der Waals surface area contributed by atoms with E-state index in [1.165, 1.54) is 12.1 Å². The second-order valence-corrected chi connectivity index (χ2v) is 6.10. The lowest BCUT2D eigenvalue weighted by Gasteiger charge is -2.31. The smallest absolute Gasteiger partial charge is 0.336 e. The van der Waals surface area contributed by atoms with Crippen LogP contribution in [0, 0.1) is 5.92 Å². The van der Waals surface area contributed by atoms with E-state index < -0.39 is 5.63 Å². The van der Waals surface area contributed by atoms with Crippen LogP contribution in [0.2, 0.25) is 0 Å². The van der Waals surface area contributed by atoms with Gasteiger partial charge in [-0.25, -0.2) is 4.79 Å². The molecule has 2 aromatic rings. The van der Waals surface area contributed by atoms with Gasteiger partial charge in [0.1, 0.15) is 11.3 Å². The van der Waals surface area contributed by atoms with Crippen molar-refractivity contribution >= 4 is 16.9 Å². The third kappa shape index (κ3) is 3.59. The van der Waals surface area contributed by atoms with E-state index in [4.69, 9.17) is 9.15 Å². The van der Waals surface area contributed by atoms with Crippen molar-refractivity contribution in [3.05, 3.63) is 40.2 Å². The first kappa shape index (κ1) is 16.5. The molecule has 0 spiro atoms. The van der Waals surface area contributed by atoms with Crippen molar-refractivity contribution < 1.29 is 19.1 Å². The van der Waals surface area contributed by atoms with Crippen molar-refractivity contribution in [1.82, 2.24) is 4.90 Å². The summed E-state index contributed by atoms with van der Waals surface area (Å²) < 4.78 is 10.3. The topological polar surface area (TPSA) is 80.0 Å². The van der Waals surface area contributed by atoms with E-state index >= 15 is 0 Å². The summed E-state index contributed by atoms with van der Waals surface area (Å²) in [5, 5.41) is 10.4. The third-order valence-electron chi connectivity index (χ3n) is 4.33. The van der Waals surface area contributed by atoms with Crippen molar-refractivity contribution in [1.29, 1.82) is 0 Å². The van der Waals surface area contributed by atoms with Crippen LogP contribution < -0.4 is 5.63 Å². The number of fused-ring (bicyclic) bond motifs is 1. The predicted molar refractivity (Wildman–Crippen MR) is 88.8 cm³/mol. The molecular formula is C18H21NO5. The molecule has 3 rings (SSSR count). The quantitative estimate of drug-likeness (QED) is 0.684. The maximum Gasteiger partial charge on any atom is 0.336 e. The minimum absolute atomic E-state index is 0.0585. The minimum Gasteiger partial charge on any atom is -0.508 e. The number of phenolic OH excluding ortho intramolecular Hbond substituents is 1. The fourth-order valence-corrected chi connectivity index (χ4v) is 3.24. The summed E-state index contributed by atoms with van der Waals surface area (Å²) in [6, 6.07) is 6.24. The lowest BCUT2D eigenvalue weighted by Crippen LogP contribution is -2.39. The van der Waals surface area contributed by atoms with Gasteiger partial charge in [-0.1, -0.05) is 0 Å². The first-order chi connectivity index (χ1) is 11.6. The summed E-state index contributed by atoms with van der Waals surface area (Å²) >= 11 is 0. The molecule has 1 aliphatic rings. The van der Waals surface area contributed by atoms with Gasteiger partial charge in [0, 0.05) is 30.6 Å². The number of rotatable bonds is 4. The van der Waals surface area contributed by atoms with Crippen LogP contribution in [-0.2, 0) is 16.1 Å². The van der Waals surface area contributed by atoms with E-state index in [0.29, 0.717) is 25.3 Å². The summed E-state index contributed by atoms with van der Waals surface area (Å²) in [4.78, 5) is 25.9. The highest BCUT2D eigenvalue weighted by Gasteiger charge is 2.27. The summed E-state index contributed by atoms with van der Waals surface area (Å²) in [6.07, 6.45) is 1.75. The van der Waals surface area contributed by atoms with Crippen molar-refractivity contribution in [2.75, 3.05) is 19.7 Å². The van der Waals surface area contributed by atoms with Gasteiger partial charge in [0.05, 0.1) is 12.5 Å². The molecule has 1 aromatic carbocycles. The molecule has 6 heteroatoms. The van der Waals surface area contributed by atoms with Crippen molar-refractivity contribution in [3.63, 3.8) is 0 Å². The Balaban J connectivity index is 1.82. The molecule has 2 heterocycles. The molecule has 1 N–H and O–H groups in total. The number of benzene rings is 1. The molecule has 0 radical (unpaired) electrons. The number of ether oxygens (including phenoxy) is 1. The zero-order chi connectivity index (χ0) is 17.1. The van der Waals surface area contributed by atoms with Gasteiger partial charge in [-0.05, 0) is 44.0 Å². The lowest BCUT2D eigenvalue weighted by molar-refractivity contribution is -0.150. The Bertz CT molecular complexity index is 798. The SMILES string of the molecule is CCOC(=O)C1CCCN(Cc2cc(=O)oc3cc(O)ccc23)C1. The molecule has 1 fully saturated rings. The van der Waals surface area contributed by atoms with Gasteiger partial charge in [0.25, 0.3) is 0 Å². The zero-order valence-electron chi connectivity index (χ0n) is 13.7. The van der Waals surface area contributed by atoms with Gasteiger partial charge in [0.2, 0.25) is 0 Å². The maximum absolute atomic E-state index is 12.0. The molecule has 1 saturated heterocycles. The lowest BCUT2D eigenvalue weighted by atomic mass is 9.97. The highest BCUT2D eigenvalue weighted by Crippen LogP contribution is 2.25. The number of hydrogen-bond acceptors (Lipinski definition) is 6. The number of carbonyl (C=O) groups excluding carboxylic acids is 1. The Morgan fingerprint density at radius 2 is 2.25 bits per heavy atom. The van der Waals surface area contributed by atoms with E-state index in [2.05, 4.69) is 4.90 Å². The molecule has 1 atom stereocenters. The van der Waals surface area contributed by atoms with Gasteiger partial charge in [-0.3, -0.25) is 9.69 Å². The number of hydrogen-bond donors (Lipinski definition) is 1. The van der Waals surface area contributed by atoms with E-state index in [0.717, 1.165) is 30.3 Å². The van der Waals surface area contributed by atoms with E-state index in [-0.39, 0.29) is 17.6 Å². The summed E-state index contributed by atoms with van der Waals surface area (Å²) in [5.41, 5.74) is 0.768. The van der Waals surface area contributed by atoms with Gasteiger partial charge >= 0.3 is 11.6 Å². The first-order valence-electron chi connectivity index (χ1n) is 8.21. The Labute approximate surface area is 139 Å². The zero-order valence-corrected chi connectivity index (χ0v) is 13.7. The van der Waals surface area contributed by atoms with Crippen LogP contribution in [0.1, 0.15) is 25.3 Å².